The van der Waals surface area contributed by atoms with Crippen LogP contribution in [0.25, 0.3) is 0 Å². The van der Waals surface area contributed by atoms with E-state index < -0.39 is 5.97 Å². The van der Waals surface area contributed by atoms with Crippen LogP contribution in [0.4, 0.5) is 11.8 Å². The summed E-state index contributed by atoms with van der Waals surface area (Å²) in [6, 6.07) is 1.93. The smallest absolute Gasteiger partial charge is 0.358 e. The zero-order valence-electron chi connectivity index (χ0n) is 12.9. The molecule has 9 heteroatoms. The van der Waals surface area contributed by atoms with Gasteiger partial charge in [-0.15, -0.1) is 5.10 Å². The largest absolute Gasteiger partial charge is 0.476 e. The summed E-state index contributed by atoms with van der Waals surface area (Å²) in [5.41, 5.74) is 6.54. The van der Waals surface area contributed by atoms with Crippen LogP contribution in [-0.2, 0) is 6.54 Å². The minimum absolute atomic E-state index is 0.0307. The summed E-state index contributed by atoms with van der Waals surface area (Å²) in [6.07, 6.45) is 3.56. The summed E-state index contributed by atoms with van der Waals surface area (Å²) in [5.74, 6) is 0.408. The fourth-order valence-electron chi connectivity index (χ4n) is 2.91. The number of anilines is 2. The van der Waals surface area contributed by atoms with Gasteiger partial charge in [-0.2, -0.15) is 4.98 Å². The molecule has 0 radical (unpaired) electrons. The minimum atomic E-state index is -1.06. The number of aromatic nitrogens is 5. The molecule has 1 atom stereocenters. The van der Waals surface area contributed by atoms with Gasteiger partial charge in [0.25, 0.3) is 0 Å². The number of piperidine rings is 1. The lowest BCUT2D eigenvalue weighted by Crippen LogP contribution is -2.37. The molecule has 122 valence electrons. The van der Waals surface area contributed by atoms with Crippen molar-refractivity contribution >= 4 is 17.7 Å². The van der Waals surface area contributed by atoms with Gasteiger partial charge in [-0.25, -0.2) is 9.78 Å². The minimum Gasteiger partial charge on any atom is -0.476 e. The van der Waals surface area contributed by atoms with Gasteiger partial charge in [0.1, 0.15) is 5.82 Å². The molecular formula is C14H19N7O2. The van der Waals surface area contributed by atoms with Gasteiger partial charge >= 0.3 is 5.97 Å². The number of nitrogens with two attached hydrogens (primary N) is 1. The lowest BCUT2D eigenvalue weighted by molar-refractivity contribution is 0.0690. The number of nitrogen functional groups attached to an aromatic ring is 1. The van der Waals surface area contributed by atoms with Crippen molar-refractivity contribution in [2.45, 2.75) is 26.3 Å². The Morgan fingerprint density at radius 2 is 2.30 bits per heavy atom. The summed E-state index contributed by atoms with van der Waals surface area (Å²) in [6.45, 7) is 4.27. The maximum Gasteiger partial charge on any atom is 0.358 e. The molecule has 0 saturated carbocycles. The van der Waals surface area contributed by atoms with E-state index in [9.17, 15) is 4.79 Å². The molecule has 3 rings (SSSR count). The van der Waals surface area contributed by atoms with Crippen molar-refractivity contribution in [1.82, 2.24) is 25.0 Å². The average Bonchev–Trinajstić information content (AvgIpc) is 2.95. The van der Waals surface area contributed by atoms with E-state index in [4.69, 9.17) is 10.8 Å². The molecule has 2 aromatic rings. The molecule has 2 aromatic heterocycles. The van der Waals surface area contributed by atoms with E-state index >= 15 is 0 Å². The molecule has 0 aliphatic carbocycles. The van der Waals surface area contributed by atoms with Crippen molar-refractivity contribution in [3.63, 3.8) is 0 Å². The molecule has 0 aromatic carbocycles. The molecule has 1 fully saturated rings. The number of aromatic carboxylic acids is 1. The van der Waals surface area contributed by atoms with E-state index in [0.717, 1.165) is 37.4 Å². The third kappa shape index (κ3) is 3.55. The van der Waals surface area contributed by atoms with Gasteiger partial charge in [-0.1, -0.05) is 5.21 Å². The Morgan fingerprint density at radius 1 is 1.48 bits per heavy atom. The second kappa shape index (κ2) is 6.19. The van der Waals surface area contributed by atoms with Crippen LogP contribution in [0.1, 0.15) is 29.0 Å². The molecule has 0 bridgehead atoms. The molecule has 1 aliphatic heterocycles. The number of hydrogen-bond acceptors (Lipinski definition) is 7. The quantitative estimate of drug-likeness (QED) is 0.839. The Labute approximate surface area is 133 Å². The van der Waals surface area contributed by atoms with E-state index in [-0.39, 0.29) is 11.6 Å². The Bertz CT molecular complexity index is 695. The first-order chi connectivity index (χ1) is 11.0. The predicted molar refractivity (Wildman–Crippen MR) is 83.1 cm³/mol. The fraction of sp³-hybridized carbons (Fsp3) is 0.500. The second-order valence-corrected chi connectivity index (χ2v) is 5.81. The first-order valence-corrected chi connectivity index (χ1v) is 7.51. The molecule has 1 aliphatic rings. The maximum absolute atomic E-state index is 10.9. The zero-order valence-corrected chi connectivity index (χ0v) is 12.9. The van der Waals surface area contributed by atoms with E-state index in [0.29, 0.717) is 12.5 Å². The van der Waals surface area contributed by atoms with Crippen molar-refractivity contribution in [1.29, 1.82) is 0 Å². The number of nitrogens with zero attached hydrogens (tertiary/aromatic N) is 6. The fourth-order valence-corrected chi connectivity index (χ4v) is 2.91. The van der Waals surface area contributed by atoms with Crippen LogP contribution < -0.4 is 10.6 Å². The first kappa shape index (κ1) is 15.2. The number of aryl methyl sites for hydroxylation is 1. The number of carbonyl (C=O) groups is 1. The van der Waals surface area contributed by atoms with E-state index in [1.807, 2.05) is 13.0 Å². The molecule has 9 nitrogen and oxygen atoms in total. The van der Waals surface area contributed by atoms with Crippen LogP contribution in [0, 0.1) is 12.8 Å². The average molecular weight is 317 g/mol. The second-order valence-electron chi connectivity index (χ2n) is 5.81. The predicted octanol–water partition coefficient (Wildman–Crippen LogP) is 0.574. The van der Waals surface area contributed by atoms with Gasteiger partial charge in [0.2, 0.25) is 5.95 Å². The van der Waals surface area contributed by atoms with Crippen molar-refractivity contribution < 1.29 is 9.90 Å². The van der Waals surface area contributed by atoms with Crippen LogP contribution in [0.2, 0.25) is 0 Å². The van der Waals surface area contributed by atoms with Crippen LogP contribution in [0.5, 0.6) is 0 Å². The number of carboxylic acid groups (broad SMARTS) is 1. The van der Waals surface area contributed by atoms with Gasteiger partial charge in [0.05, 0.1) is 6.20 Å². The van der Waals surface area contributed by atoms with Crippen LogP contribution in [-0.4, -0.2) is 49.1 Å². The van der Waals surface area contributed by atoms with Crippen molar-refractivity contribution in [2.24, 2.45) is 5.92 Å². The summed E-state index contributed by atoms with van der Waals surface area (Å²) in [5, 5.41) is 16.4. The molecule has 23 heavy (non-hydrogen) atoms. The Balaban J connectivity index is 1.69. The normalized spacial score (nSPS) is 18.1. The maximum atomic E-state index is 10.9. The summed E-state index contributed by atoms with van der Waals surface area (Å²) >= 11 is 0. The lowest BCUT2D eigenvalue weighted by Gasteiger charge is -2.33. The highest BCUT2D eigenvalue weighted by molar-refractivity contribution is 5.84. The Morgan fingerprint density at radius 3 is 3.00 bits per heavy atom. The highest BCUT2D eigenvalue weighted by atomic mass is 16.4. The standard InChI is InChI=1S/C14H19N7O2/c1-9-5-12(17-14(15)16-9)20-4-2-3-10(6-20)7-21-8-11(13(22)23)18-19-21/h5,8,10H,2-4,6-7H2,1H3,(H,22,23)(H2,15,16,17)/t10-/m1/s1. The number of hydrogen-bond donors (Lipinski definition) is 2. The SMILES string of the molecule is Cc1cc(N2CCC[C@@H](Cn3cc(C(=O)O)nn3)C2)nc(N)n1. The van der Waals surface area contributed by atoms with Crippen molar-refractivity contribution in [2.75, 3.05) is 23.7 Å². The lowest BCUT2D eigenvalue weighted by atomic mass is 9.98. The highest BCUT2D eigenvalue weighted by Gasteiger charge is 2.22. The van der Waals surface area contributed by atoms with E-state index in [2.05, 4.69) is 25.2 Å². The summed E-state index contributed by atoms with van der Waals surface area (Å²) in [7, 11) is 0. The van der Waals surface area contributed by atoms with Crippen molar-refractivity contribution in [3.8, 4) is 0 Å². The van der Waals surface area contributed by atoms with E-state index in [1.54, 1.807) is 4.68 Å². The number of carboxylic acids is 1. The van der Waals surface area contributed by atoms with Crippen molar-refractivity contribution in [3.05, 3.63) is 23.7 Å². The zero-order chi connectivity index (χ0) is 16.4. The third-order valence-electron chi connectivity index (χ3n) is 3.90. The third-order valence-corrected chi connectivity index (χ3v) is 3.90. The molecular weight excluding hydrogens is 298 g/mol. The molecule has 1 saturated heterocycles. The molecule has 0 spiro atoms. The Hall–Kier alpha value is -2.71. The number of rotatable bonds is 4. The first-order valence-electron chi connectivity index (χ1n) is 7.51. The monoisotopic (exact) mass is 317 g/mol. The molecule has 3 N–H and O–H groups in total. The molecule has 0 unspecified atom stereocenters. The van der Waals surface area contributed by atoms with Gasteiger partial charge in [0, 0.05) is 31.4 Å². The Kier molecular flexibility index (Phi) is 4.09. The summed E-state index contributed by atoms with van der Waals surface area (Å²) in [4.78, 5) is 21.4. The van der Waals surface area contributed by atoms with Gasteiger partial charge in [-0.05, 0) is 25.7 Å². The van der Waals surface area contributed by atoms with Crippen LogP contribution in [0.3, 0.4) is 0 Å². The van der Waals surface area contributed by atoms with Crippen LogP contribution >= 0.6 is 0 Å². The topological polar surface area (TPSA) is 123 Å². The van der Waals surface area contributed by atoms with Gasteiger partial charge < -0.3 is 15.7 Å². The van der Waals surface area contributed by atoms with Gasteiger partial charge in [-0.3, -0.25) is 4.68 Å². The molecule has 3 heterocycles. The van der Waals surface area contributed by atoms with Crippen LogP contribution in [0.15, 0.2) is 12.3 Å². The van der Waals surface area contributed by atoms with E-state index in [1.165, 1.54) is 6.20 Å². The molecule has 0 amide bonds. The van der Waals surface area contributed by atoms with Gasteiger partial charge in [0.15, 0.2) is 5.69 Å². The summed E-state index contributed by atoms with van der Waals surface area (Å²) < 4.78 is 1.59. The highest BCUT2D eigenvalue weighted by Crippen LogP contribution is 2.23.